The van der Waals surface area contributed by atoms with Crippen LogP contribution in [-0.2, 0) is 10.0 Å². The van der Waals surface area contributed by atoms with Crippen molar-refractivity contribution in [2.45, 2.75) is 18.7 Å². The number of imide groups is 1. The average Bonchev–Trinajstić information content (AvgIpc) is 2.74. The minimum atomic E-state index is -4.22. The SMILES string of the molecule is Cc1ccc(C)c(S(=O)(=O)N2C(=O)c3ccccc3C2=O)c1. The van der Waals surface area contributed by atoms with E-state index in [1.165, 1.54) is 18.2 Å². The maximum Gasteiger partial charge on any atom is 0.275 e. The van der Waals surface area contributed by atoms with Gasteiger partial charge in [-0.15, -0.1) is 0 Å². The van der Waals surface area contributed by atoms with Crippen LogP contribution in [0.25, 0.3) is 0 Å². The number of nitrogens with zero attached hydrogens (tertiary/aromatic N) is 1. The lowest BCUT2D eigenvalue weighted by Crippen LogP contribution is -2.36. The van der Waals surface area contributed by atoms with Gasteiger partial charge in [0, 0.05) is 0 Å². The third-order valence-electron chi connectivity index (χ3n) is 3.62. The molecular weight excluding hydrogens is 302 g/mol. The van der Waals surface area contributed by atoms with Gasteiger partial charge in [0.25, 0.3) is 21.8 Å². The van der Waals surface area contributed by atoms with E-state index in [-0.39, 0.29) is 16.0 Å². The van der Waals surface area contributed by atoms with Gasteiger partial charge in [-0.1, -0.05) is 24.3 Å². The van der Waals surface area contributed by atoms with Gasteiger partial charge >= 0.3 is 0 Å². The van der Waals surface area contributed by atoms with Crippen LogP contribution in [0, 0.1) is 13.8 Å². The van der Waals surface area contributed by atoms with Crippen molar-refractivity contribution in [1.29, 1.82) is 0 Å². The van der Waals surface area contributed by atoms with Crippen molar-refractivity contribution >= 4 is 21.8 Å². The minimum absolute atomic E-state index is 0.0259. The number of hydrogen-bond donors (Lipinski definition) is 0. The zero-order valence-corrected chi connectivity index (χ0v) is 12.8. The molecule has 1 aliphatic rings. The summed E-state index contributed by atoms with van der Waals surface area (Å²) in [5.74, 6) is -1.61. The van der Waals surface area contributed by atoms with Crippen molar-refractivity contribution in [2.75, 3.05) is 0 Å². The third kappa shape index (κ3) is 1.95. The zero-order valence-electron chi connectivity index (χ0n) is 12.0. The summed E-state index contributed by atoms with van der Waals surface area (Å²) in [5.41, 5.74) is 1.45. The molecule has 112 valence electrons. The van der Waals surface area contributed by atoms with Crippen LogP contribution in [0.5, 0.6) is 0 Å². The van der Waals surface area contributed by atoms with Gasteiger partial charge in [0.1, 0.15) is 0 Å². The number of hydrogen-bond acceptors (Lipinski definition) is 4. The van der Waals surface area contributed by atoms with Gasteiger partial charge < -0.3 is 0 Å². The second-order valence-corrected chi connectivity index (χ2v) is 6.95. The number of carbonyl (C=O) groups is 2. The number of fused-ring (bicyclic) bond motifs is 1. The highest BCUT2D eigenvalue weighted by molar-refractivity contribution is 7.90. The van der Waals surface area contributed by atoms with Crippen molar-refractivity contribution in [1.82, 2.24) is 4.31 Å². The van der Waals surface area contributed by atoms with E-state index in [9.17, 15) is 18.0 Å². The van der Waals surface area contributed by atoms with E-state index in [0.717, 1.165) is 5.56 Å². The molecule has 6 heteroatoms. The Hall–Kier alpha value is -2.47. The highest BCUT2D eigenvalue weighted by Gasteiger charge is 2.44. The van der Waals surface area contributed by atoms with Crippen molar-refractivity contribution in [3.63, 3.8) is 0 Å². The fraction of sp³-hybridized carbons (Fsp3) is 0.125. The number of sulfonamides is 1. The van der Waals surface area contributed by atoms with E-state index in [1.807, 2.05) is 0 Å². The van der Waals surface area contributed by atoms with Gasteiger partial charge in [0.2, 0.25) is 0 Å². The standard InChI is InChI=1S/C16H13NO4S/c1-10-7-8-11(2)14(9-10)22(20,21)17-15(18)12-5-3-4-6-13(12)16(17)19/h3-9H,1-2H3. The normalized spacial score (nSPS) is 14.4. The number of aryl methyl sites for hydroxylation is 2. The lowest BCUT2D eigenvalue weighted by Gasteiger charge is -2.16. The Morgan fingerprint density at radius 3 is 1.95 bits per heavy atom. The Bertz CT molecular complexity index is 880. The first-order valence-electron chi connectivity index (χ1n) is 6.64. The first-order chi connectivity index (χ1) is 10.3. The van der Waals surface area contributed by atoms with Gasteiger partial charge in [-0.2, -0.15) is 4.31 Å². The molecule has 0 atom stereocenters. The molecule has 0 aliphatic carbocycles. The number of rotatable bonds is 2. The van der Waals surface area contributed by atoms with Crippen LogP contribution < -0.4 is 0 Å². The molecule has 0 radical (unpaired) electrons. The molecule has 2 aromatic carbocycles. The molecule has 0 spiro atoms. The molecule has 0 N–H and O–H groups in total. The van der Waals surface area contributed by atoms with Crippen LogP contribution in [0.4, 0.5) is 0 Å². The maximum absolute atomic E-state index is 12.8. The highest BCUT2D eigenvalue weighted by Crippen LogP contribution is 2.30. The Morgan fingerprint density at radius 2 is 1.41 bits per heavy atom. The van der Waals surface area contributed by atoms with Crippen LogP contribution in [0.15, 0.2) is 47.4 Å². The average molecular weight is 315 g/mol. The van der Waals surface area contributed by atoms with E-state index >= 15 is 0 Å². The fourth-order valence-electron chi connectivity index (χ4n) is 2.47. The maximum atomic E-state index is 12.8. The predicted octanol–water partition coefficient (Wildman–Crippen LogP) is 2.29. The molecule has 0 bridgehead atoms. The van der Waals surface area contributed by atoms with Crippen molar-refractivity contribution < 1.29 is 18.0 Å². The second kappa shape index (κ2) is 4.78. The summed E-state index contributed by atoms with van der Waals surface area (Å²) in [4.78, 5) is 24.7. The van der Waals surface area contributed by atoms with Crippen LogP contribution in [0.1, 0.15) is 31.8 Å². The Balaban J connectivity index is 2.18. The summed E-state index contributed by atoms with van der Waals surface area (Å²) in [5, 5.41) is 0. The summed E-state index contributed by atoms with van der Waals surface area (Å²) in [6.07, 6.45) is 0. The lowest BCUT2D eigenvalue weighted by molar-refractivity contribution is 0.0765. The molecule has 1 aliphatic heterocycles. The predicted molar refractivity (Wildman–Crippen MR) is 80.0 cm³/mol. The number of amides is 2. The fourth-order valence-corrected chi connectivity index (χ4v) is 4.11. The smallest absolute Gasteiger partial charge is 0.267 e. The van der Waals surface area contributed by atoms with E-state index in [4.69, 9.17) is 0 Å². The van der Waals surface area contributed by atoms with Crippen LogP contribution >= 0.6 is 0 Å². The summed E-state index contributed by atoms with van der Waals surface area (Å²) < 4.78 is 25.9. The van der Waals surface area contributed by atoms with Crippen LogP contribution in [0.2, 0.25) is 0 Å². The molecule has 22 heavy (non-hydrogen) atoms. The molecular formula is C16H13NO4S. The first-order valence-corrected chi connectivity index (χ1v) is 8.08. The topological polar surface area (TPSA) is 71.5 Å². The van der Waals surface area contributed by atoms with Gasteiger partial charge in [-0.25, -0.2) is 8.42 Å². The summed E-state index contributed by atoms with van der Waals surface area (Å²) in [6.45, 7) is 3.38. The summed E-state index contributed by atoms with van der Waals surface area (Å²) in [6, 6.07) is 11.0. The monoisotopic (exact) mass is 315 g/mol. The van der Waals surface area contributed by atoms with Crippen molar-refractivity contribution in [3.05, 3.63) is 64.7 Å². The van der Waals surface area contributed by atoms with Gasteiger partial charge in [-0.05, 0) is 43.2 Å². The van der Waals surface area contributed by atoms with Gasteiger partial charge in [0.15, 0.2) is 0 Å². The number of benzene rings is 2. The van der Waals surface area contributed by atoms with Crippen LogP contribution in [0.3, 0.4) is 0 Å². The third-order valence-corrected chi connectivity index (χ3v) is 5.43. The molecule has 0 unspecified atom stereocenters. The second-order valence-electron chi connectivity index (χ2n) is 5.19. The number of carbonyl (C=O) groups excluding carboxylic acids is 2. The van der Waals surface area contributed by atoms with Crippen molar-refractivity contribution in [2.24, 2.45) is 0 Å². The highest BCUT2D eigenvalue weighted by atomic mass is 32.2. The molecule has 0 saturated heterocycles. The lowest BCUT2D eigenvalue weighted by atomic mass is 10.1. The van der Waals surface area contributed by atoms with E-state index in [1.54, 1.807) is 38.1 Å². The molecule has 0 aromatic heterocycles. The largest absolute Gasteiger partial charge is 0.275 e. The first kappa shape index (κ1) is 14.5. The quantitative estimate of drug-likeness (QED) is 0.797. The van der Waals surface area contributed by atoms with Gasteiger partial charge in [-0.3, -0.25) is 9.59 Å². The van der Waals surface area contributed by atoms with Gasteiger partial charge in [0.05, 0.1) is 16.0 Å². The van der Waals surface area contributed by atoms with Crippen molar-refractivity contribution in [3.8, 4) is 0 Å². The molecule has 3 rings (SSSR count). The Morgan fingerprint density at radius 1 is 0.864 bits per heavy atom. The molecule has 2 amide bonds. The molecule has 2 aromatic rings. The van der Waals surface area contributed by atoms with E-state index in [2.05, 4.69) is 0 Å². The van der Waals surface area contributed by atoms with Crippen LogP contribution in [-0.4, -0.2) is 24.5 Å². The Labute approximate surface area is 128 Å². The zero-order chi connectivity index (χ0) is 16.1. The van der Waals surface area contributed by atoms with E-state index < -0.39 is 21.8 Å². The molecule has 5 nitrogen and oxygen atoms in total. The van der Waals surface area contributed by atoms with E-state index in [0.29, 0.717) is 9.87 Å². The minimum Gasteiger partial charge on any atom is -0.267 e. The molecule has 0 fully saturated rings. The summed E-state index contributed by atoms with van der Waals surface area (Å²) in [7, 11) is -4.22. The Kier molecular flexibility index (Phi) is 3.14. The summed E-state index contributed by atoms with van der Waals surface area (Å²) >= 11 is 0. The molecule has 1 heterocycles. The molecule has 0 saturated carbocycles.